The molecule has 2 heterocycles. The summed E-state index contributed by atoms with van der Waals surface area (Å²) in [6.45, 7) is -1.78. The molecule has 3 rings (SSSR count). The molecule has 0 aliphatic heterocycles. The number of anilines is 1. The van der Waals surface area contributed by atoms with Crippen LogP contribution in [0.3, 0.4) is 0 Å². The van der Waals surface area contributed by atoms with Crippen LogP contribution in [-0.4, -0.2) is 49.6 Å². The monoisotopic (exact) mass is 426 g/mol. The van der Waals surface area contributed by atoms with E-state index in [1.807, 2.05) is 0 Å². The molecule has 158 valence electrons. The van der Waals surface area contributed by atoms with E-state index in [-0.39, 0.29) is 22.7 Å². The van der Waals surface area contributed by atoms with Crippen molar-refractivity contribution >= 4 is 23.3 Å². The number of alkyl halides is 3. The minimum Gasteiger partial charge on any atom is -0.476 e. The fourth-order valence-electron chi connectivity index (χ4n) is 2.95. The molecule has 12 heteroatoms. The maximum Gasteiger partial charge on any atom is 0.430 e. The Balaban J connectivity index is 2.25. The summed E-state index contributed by atoms with van der Waals surface area (Å²) in [5.74, 6) is -3.86. The molecule has 1 amide bonds. The Morgan fingerprint density at radius 2 is 2.03 bits per heavy atom. The summed E-state index contributed by atoms with van der Waals surface area (Å²) in [6.07, 6.45) is -3.33. The van der Waals surface area contributed by atoms with Crippen molar-refractivity contribution in [1.82, 2.24) is 19.7 Å². The van der Waals surface area contributed by atoms with Gasteiger partial charge in [0.2, 0.25) is 0 Å². The van der Waals surface area contributed by atoms with Crippen molar-refractivity contribution in [2.75, 3.05) is 12.7 Å². The molecule has 1 atom stereocenters. The third-order valence-corrected chi connectivity index (χ3v) is 4.52. The highest BCUT2D eigenvalue weighted by atomic mass is 19.4. The summed E-state index contributed by atoms with van der Waals surface area (Å²) in [5.41, 5.74) is 0.610. The molecule has 5 N–H and O–H groups in total. The SMILES string of the molecule is [2H]C([2H])([2H])NC(=O)C(O)(c1ccc(C)c(-c2cnc3c(N)nc(C(=O)O)cn23)c1)C(F)(F)F. The van der Waals surface area contributed by atoms with Gasteiger partial charge in [-0.1, -0.05) is 12.1 Å². The highest BCUT2D eigenvalue weighted by Crippen LogP contribution is 2.41. The van der Waals surface area contributed by atoms with E-state index in [0.29, 0.717) is 5.56 Å². The molecule has 3 aromatic rings. The predicted octanol–water partition coefficient (Wildman–Crippen LogP) is 1.48. The molecule has 1 unspecified atom stereocenters. The molecule has 0 saturated heterocycles. The first-order valence-corrected chi connectivity index (χ1v) is 8.16. The lowest BCUT2D eigenvalue weighted by molar-refractivity contribution is -0.256. The molecule has 0 fully saturated rings. The standard InChI is InChI=1S/C18H16F3N5O4/c1-8-3-4-9(17(30,16(29)23-2)18(19,20)21)5-10(8)12-6-24-14-13(22)25-11(15(27)28)7-26(12)14/h3-7,30H,1-2H3,(H2,22,25)(H,23,29)(H,27,28)/i2D3. The average Bonchev–Trinajstić information content (AvgIpc) is 3.09. The molecule has 0 aliphatic rings. The summed E-state index contributed by atoms with van der Waals surface area (Å²) >= 11 is 0. The highest BCUT2D eigenvalue weighted by molar-refractivity contribution is 5.88. The molecular weight excluding hydrogens is 407 g/mol. The minimum absolute atomic E-state index is 0.0195. The maximum atomic E-state index is 13.8. The van der Waals surface area contributed by atoms with Crippen LogP contribution < -0.4 is 11.1 Å². The molecule has 0 spiro atoms. The van der Waals surface area contributed by atoms with Crippen molar-refractivity contribution in [2.45, 2.75) is 18.7 Å². The Labute approximate surface area is 171 Å². The Bertz CT molecular complexity index is 1280. The number of carbonyl (C=O) groups is 2. The van der Waals surface area contributed by atoms with Crippen LogP contribution in [-0.2, 0) is 10.4 Å². The van der Waals surface area contributed by atoms with Crippen molar-refractivity contribution in [2.24, 2.45) is 0 Å². The number of hydrogen-bond acceptors (Lipinski definition) is 6. The molecule has 0 radical (unpaired) electrons. The zero-order chi connectivity index (χ0) is 24.9. The molecule has 0 saturated carbocycles. The fraction of sp³-hybridized carbons (Fsp3) is 0.222. The summed E-state index contributed by atoms with van der Waals surface area (Å²) in [5, 5.41) is 20.8. The van der Waals surface area contributed by atoms with Gasteiger partial charge in [-0.05, 0) is 18.6 Å². The van der Waals surface area contributed by atoms with Gasteiger partial charge in [-0.15, -0.1) is 0 Å². The molecule has 2 aromatic heterocycles. The number of likely N-dealkylation sites (N-methyl/N-ethyl adjacent to an activating group) is 1. The van der Waals surface area contributed by atoms with Crippen LogP contribution in [0.5, 0.6) is 0 Å². The van der Waals surface area contributed by atoms with E-state index >= 15 is 0 Å². The van der Waals surface area contributed by atoms with Crippen LogP contribution in [0, 0.1) is 6.92 Å². The van der Waals surface area contributed by atoms with Gasteiger partial charge in [0.1, 0.15) is 0 Å². The van der Waals surface area contributed by atoms with Crippen LogP contribution in [0.15, 0.2) is 30.6 Å². The van der Waals surface area contributed by atoms with Gasteiger partial charge in [0.25, 0.3) is 11.5 Å². The van der Waals surface area contributed by atoms with Gasteiger partial charge in [0.05, 0.1) is 11.9 Å². The number of imidazole rings is 1. The average molecular weight is 426 g/mol. The third kappa shape index (κ3) is 3.10. The molecule has 1 aromatic carbocycles. The van der Waals surface area contributed by atoms with E-state index in [1.54, 1.807) is 0 Å². The molecule has 0 bridgehead atoms. The normalized spacial score (nSPS) is 15.7. The summed E-state index contributed by atoms with van der Waals surface area (Å²) in [4.78, 5) is 31.2. The Morgan fingerprint density at radius 1 is 1.33 bits per heavy atom. The second-order valence-corrected chi connectivity index (χ2v) is 6.35. The number of carboxylic acids is 1. The number of aromatic nitrogens is 3. The van der Waals surface area contributed by atoms with Crippen molar-refractivity contribution in [3.63, 3.8) is 0 Å². The number of nitrogen functional groups attached to an aromatic ring is 1. The lowest BCUT2D eigenvalue weighted by Crippen LogP contribution is -2.53. The van der Waals surface area contributed by atoms with Gasteiger partial charge >= 0.3 is 12.1 Å². The maximum absolute atomic E-state index is 13.8. The number of benzene rings is 1. The molecule has 9 nitrogen and oxygen atoms in total. The molecule has 0 aliphatic carbocycles. The summed E-state index contributed by atoms with van der Waals surface area (Å²) < 4.78 is 63.7. The number of nitrogens with two attached hydrogens (primary N) is 1. The lowest BCUT2D eigenvalue weighted by Gasteiger charge is -2.29. The van der Waals surface area contributed by atoms with E-state index in [4.69, 9.17) is 9.85 Å². The Morgan fingerprint density at radius 3 is 2.63 bits per heavy atom. The van der Waals surface area contributed by atoms with Crippen LogP contribution >= 0.6 is 0 Å². The topological polar surface area (TPSA) is 143 Å². The second-order valence-electron chi connectivity index (χ2n) is 6.35. The Kier molecular flexibility index (Phi) is 4.01. The van der Waals surface area contributed by atoms with Crippen molar-refractivity contribution in [3.05, 3.63) is 47.4 Å². The first-order valence-electron chi connectivity index (χ1n) is 9.66. The number of nitrogens with one attached hydrogen (secondary N) is 1. The zero-order valence-electron chi connectivity index (χ0n) is 18.2. The smallest absolute Gasteiger partial charge is 0.430 e. The number of nitrogens with zero attached hydrogens (tertiary/aromatic N) is 3. The number of aliphatic hydroxyl groups is 1. The number of aryl methyl sites for hydroxylation is 1. The third-order valence-electron chi connectivity index (χ3n) is 4.52. The Hall–Kier alpha value is -3.67. The highest BCUT2D eigenvalue weighted by Gasteiger charge is 2.60. The second kappa shape index (κ2) is 6.99. The number of halogens is 3. The first kappa shape index (κ1) is 17.2. The summed E-state index contributed by atoms with van der Waals surface area (Å²) in [6, 6.07) is 2.84. The van der Waals surface area contributed by atoms with Crippen molar-refractivity contribution in [1.29, 1.82) is 0 Å². The number of aromatic carboxylic acids is 1. The summed E-state index contributed by atoms with van der Waals surface area (Å²) in [7, 11) is 0. The van der Waals surface area contributed by atoms with Crippen molar-refractivity contribution in [3.8, 4) is 11.3 Å². The number of carboxylic acid groups (broad SMARTS) is 1. The van der Waals surface area contributed by atoms with Crippen LogP contribution in [0.25, 0.3) is 16.9 Å². The minimum atomic E-state index is -5.58. The van der Waals surface area contributed by atoms with Gasteiger partial charge in [-0.2, -0.15) is 13.2 Å². The molecular formula is C18H16F3N5O4. The number of carbonyl (C=O) groups excluding carboxylic acids is 1. The van der Waals surface area contributed by atoms with Gasteiger partial charge < -0.3 is 21.3 Å². The van der Waals surface area contributed by atoms with E-state index in [0.717, 1.165) is 18.3 Å². The molecule has 30 heavy (non-hydrogen) atoms. The first-order chi connectivity index (χ1) is 15.1. The van der Waals surface area contributed by atoms with Crippen LogP contribution in [0.2, 0.25) is 0 Å². The van der Waals surface area contributed by atoms with Gasteiger partial charge in [-0.25, -0.2) is 14.8 Å². The van der Waals surface area contributed by atoms with Crippen LogP contribution in [0.1, 0.15) is 25.7 Å². The number of fused-ring (bicyclic) bond motifs is 1. The van der Waals surface area contributed by atoms with E-state index < -0.39 is 41.9 Å². The predicted molar refractivity (Wildman–Crippen MR) is 98.6 cm³/mol. The van der Waals surface area contributed by atoms with Gasteiger partial charge in [-0.3, -0.25) is 9.20 Å². The lowest BCUT2D eigenvalue weighted by atomic mass is 9.89. The number of hydrogen-bond donors (Lipinski definition) is 4. The van der Waals surface area contributed by atoms with Crippen molar-refractivity contribution < 1.29 is 37.1 Å². The fourth-order valence-corrected chi connectivity index (χ4v) is 2.95. The largest absolute Gasteiger partial charge is 0.476 e. The van der Waals surface area contributed by atoms with E-state index in [1.165, 1.54) is 28.9 Å². The van der Waals surface area contributed by atoms with Crippen LogP contribution in [0.4, 0.5) is 19.0 Å². The number of amides is 1. The van der Waals surface area contributed by atoms with Gasteiger partial charge in [0, 0.05) is 28.4 Å². The zero-order valence-corrected chi connectivity index (χ0v) is 15.2. The quantitative estimate of drug-likeness (QED) is 0.495. The number of rotatable bonds is 4. The van der Waals surface area contributed by atoms with E-state index in [2.05, 4.69) is 9.97 Å². The van der Waals surface area contributed by atoms with Gasteiger partial charge in [0.15, 0.2) is 17.2 Å². The van der Waals surface area contributed by atoms with E-state index in [9.17, 15) is 33.0 Å².